The van der Waals surface area contributed by atoms with Gasteiger partial charge in [-0.15, -0.1) is 0 Å². The molecule has 506 valence electrons. The molecule has 26 heteroatoms. The minimum absolute atomic E-state index is 0.0597. The Labute approximate surface area is 544 Å². The van der Waals surface area contributed by atoms with E-state index in [4.69, 9.17) is 33.7 Å². The van der Waals surface area contributed by atoms with Gasteiger partial charge in [-0.3, -0.25) is 71.3 Å². The lowest BCUT2D eigenvalue weighted by atomic mass is 9.98. The number of nitrogens with two attached hydrogens (primary N) is 1. The molecule has 6 amide bonds. The van der Waals surface area contributed by atoms with Gasteiger partial charge in [-0.2, -0.15) is 8.78 Å². The number of hydrogen-bond donors (Lipinski definition) is 4. The maximum atomic E-state index is 16.3. The molecule has 3 aliphatic heterocycles. The summed E-state index contributed by atoms with van der Waals surface area (Å²) in [6.07, 6.45) is 4.71. The second-order valence-electron chi connectivity index (χ2n) is 26.0. The summed E-state index contributed by atoms with van der Waals surface area (Å²) < 4.78 is 81.6. The van der Waals surface area contributed by atoms with E-state index in [-0.39, 0.29) is 56.7 Å². The van der Waals surface area contributed by atoms with Crippen LogP contribution in [0, 0.1) is 10.8 Å². The Bertz CT molecular complexity index is 3760. The Morgan fingerprint density at radius 2 is 1.41 bits per heavy atom. The molecule has 4 heterocycles. The van der Waals surface area contributed by atoms with Crippen LogP contribution in [0.5, 0.6) is 0 Å². The second-order valence-corrected chi connectivity index (χ2v) is 28.1. The lowest BCUT2D eigenvalue weighted by molar-refractivity contribution is -0.163. The summed E-state index contributed by atoms with van der Waals surface area (Å²) in [5.74, 6) is -4.79. The highest BCUT2D eigenvalue weighted by Gasteiger charge is 2.56. The predicted molar refractivity (Wildman–Crippen MR) is 343 cm³/mol. The lowest BCUT2D eigenvalue weighted by Crippen LogP contribution is -2.56. The number of esters is 2. The molecule has 4 aromatic carbocycles. The van der Waals surface area contributed by atoms with E-state index in [9.17, 15) is 47.7 Å². The van der Waals surface area contributed by atoms with Crippen molar-refractivity contribution in [3.05, 3.63) is 140 Å². The number of rotatable bonds is 29. The van der Waals surface area contributed by atoms with Crippen molar-refractivity contribution in [2.24, 2.45) is 23.6 Å². The molecule has 5 atom stereocenters. The van der Waals surface area contributed by atoms with Crippen LogP contribution in [-0.2, 0) is 116 Å². The number of carbonyl (C=O) groups excluding carboxylic acids is 8. The Hall–Kier alpha value is -8.22. The average Bonchev–Trinajstić information content (AvgIpc) is 1.58. The van der Waals surface area contributed by atoms with Gasteiger partial charge in [0.15, 0.2) is 0 Å². The molecule has 1 fully saturated rings. The quantitative estimate of drug-likeness (QED) is 0.00872. The largest absolute Gasteiger partial charge is 0.438 e. The van der Waals surface area contributed by atoms with E-state index in [0.29, 0.717) is 54.8 Å². The normalized spacial score (nSPS) is 17.6. The van der Waals surface area contributed by atoms with Crippen molar-refractivity contribution in [1.82, 2.24) is 25.1 Å². The number of aryl methyl sites for hydroxylation is 4. The maximum absolute atomic E-state index is 16.3. The molecule has 5 aromatic rings. The SMILES string of the molecule is C/C(=C\C(=O)N[C@H]1CCc2cccc3c2N(C1=O)[C@H](C(=O)N[C@@H](CCC(N)=O)[C@@H](C)OCc1ccc(CCCOCCCc2cccc4c2n(C)c(=O)n4C2CCC(=O)NC2=O)cc1)C3)c1ccc(C(F)(F)P(=O)(OCOC(=O)C(C)(C)C)OCOC(=O)C(C)(C)C)cc1. The second kappa shape index (κ2) is 30.5. The fourth-order valence-electron chi connectivity index (χ4n) is 11.4. The van der Waals surface area contributed by atoms with E-state index in [1.165, 1.54) is 69.2 Å². The molecule has 1 saturated heterocycles. The number of alkyl halides is 2. The van der Waals surface area contributed by atoms with Crippen molar-refractivity contribution in [1.29, 1.82) is 0 Å². The first-order valence-electron chi connectivity index (χ1n) is 31.4. The van der Waals surface area contributed by atoms with Crippen LogP contribution in [0.25, 0.3) is 16.6 Å². The number of ether oxygens (including phenoxy) is 4. The number of imide groups is 1. The Balaban J connectivity index is 0.837. The van der Waals surface area contributed by atoms with Gasteiger partial charge in [-0.1, -0.05) is 78.9 Å². The predicted octanol–water partition coefficient (Wildman–Crippen LogP) is 8.42. The van der Waals surface area contributed by atoms with Crippen LogP contribution in [0.2, 0.25) is 0 Å². The van der Waals surface area contributed by atoms with E-state index in [2.05, 4.69) is 16.0 Å². The summed E-state index contributed by atoms with van der Waals surface area (Å²) in [5.41, 5.74) is 5.02. The fraction of sp³-hybridized carbons (Fsp3) is 0.485. The number of fused-ring (bicyclic) bond motifs is 1. The summed E-state index contributed by atoms with van der Waals surface area (Å²) in [6, 6.07) is 19.9. The number of allylic oxidation sites excluding steroid dienone is 1. The van der Waals surface area contributed by atoms with Gasteiger partial charge in [0.25, 0.3) is 0 Å². The van der Waals surface area contributed by atoms with E-state index < -0.39 is 115 Å². The molecule has 0 radical (unpaired) electrons. The number of primary amides is 1. The van der Waals surface area contributed by atoms with Crippen LogP contribution in [0.1, 0.15) is 145 Å². The summed E-state index contributed by atoms with van der Waals surface area (Å²) in [6.45, 7) is 11.3. The van der Waals surface area contributed by atoms with Crippen molar-refractivity contribution in [3.8, 4) is 0 Å². The van der Waals surface area contributed by atoms with Crippen molar-refractivity contribution < 1.29 is 79.7 Å². The number of nitrogens with zero attached hydrogens (tertiary/aromatic N) is 3. The van der Waals surface area contributed by atoms with E-state index in [1.54, 1.807) is 25.5 Å². The van der Waals surface area contributed by atoms with Crippen LogP contribution in [0.15, 0.2) is 95.8 Å². The zero-order valence-electron chi connectivity index (χ0n) is 54.5. The average molecular weight is 1320 g/mol. The van der Waals surface area contributed by atoms with E-state index in [0.717, 1.165) is 58.3 Å². The Morgan fingerprint density at radius 3 is 2.04 bits per heavy atom. The number of imidazole rings is 1. The van der Waals surface area contributed by atoms with Crippen molar-refractivity contribution in [2.75, 3.05) is 31.7 Å². The summed E-state index contributed by atoms with van der Waals surface area (Å²) >= 11 is 0. The molecule has 5 N–H and O–H groups in total. The molecular weight excluding hydrogens is 1240 g/mol. The molecule has 23 nitrogen and oxygen atoms in total. The number of halogens is 2. The topological polar surface area (TPSA) is 301 Å². The summed E-state index contributed by atoms with van der Waals surface area (Å²) in [7, 11) is -3.92. The van der Waals surface area contributed by atoms with Crippen LogP contribution in [0.3, 0.4) is 0 Å². The monoisotopic (exact) mass is 1320 g/mol. The zero-order chi connectivity index (χ0) is 68.5. The first-order valence-corrected chi connectivity index (χ1v) is 33.0. The first kappa shape index (κ1) is 71.6. The molecule has 0 spiro atoms. The number of aromatic nitrogens is 2. The highest BCUT2D eigenvalue weighted by molar-refractivity contribution is 7.54. The molecule has 0 aliphatic carbocycles. The lowest BCUT2D eigenvalue weighted by Gasteiger charge is -2.31. The molecule has 3 aliphatic rings. The number of amides is 6. The van der Waals surface area contributed by atoms with E-state index >= 15 is 8.78 Å². The van der Waals surface area contributed by atoms with Crippen molar-refractivity contribution in [3.63, 3.8) is 0 Å². The van der Waals surface area contributed by atoms with Crippen LogP contribution < -0.4 is 32.3 Å². The standard InChI is InChI=1S/C68H84F2N7O16P/c1-41(45-24-27-49(28-25-45)68(69,70)94(87,92-39-90-63(84)66(3,4)5)93-40-91-64(85)67(6,7)8)36-57(80)72-51-29-26-47-15-10-17-48-37-54(77(58(47)48)62(51)83)61(82)73-50(30-32-55(71)78)42(2)89-38-44-22-20-43(21-23-44)14-12-34-88-35-13-18-46-16-11-19-52-59(46)75(9)65(86)76(52)53-31-33-56(79)74-60(53)81/h10-11,15-17,19-25,27-28,36,42,50-51,53-54H,12-14,18,26,29-35,37-40H2,1-9H3,(H2,71,78)(H,72,80)(H,73,82)(H,74,79,81)/b41-36+/t42-,50+,51+,53?,54+/m1/s1. The number of piperidine rings is 1. The minimum atomic E-state index is -5.61. The number of hydrogen-bond acceptors (Lipinski definition) is 16. The smallest absolute Gasteiger partial charge is 0.410 e. The van der Waals surface area contributed by atoms with E-state index in [1.807, 2.05) is 60.7 Å². The highest BCUT2D eigenvalue weighted by Crippen LogP contribution is 2.67. The number of nitrogens with one attached hydrogen (secondary N) is 3. The molecule has 1 aromatic heterocycles. The van der Waals surface area contributed by atoms with Gasteiger partial charge < -0.3 is 35.3 Å². The third-order valence-corrected chi connectivity index (χ3v) is 18.6. The number of benzene rings is 4. The van der Waals surface area contributed by atoms with Gasteiger partial charge in [-0.05, 0) is 152 Å². The van der Waals surface area contributed by atoms with Gasteiger partial charge in [0.05, 0.1) is 46.3 Å². The van der Waals surface area contributed by atoms with Crippen molar-refractivity contribution in [2.45, 2.75) is 169 Å². The molecule has 8 rings (SSSR count). The van der Waals surface area contributed by atoms with Crippen LogP contribution in [-0.4, -0.2) is 108 Å². The third kappa shape index (κ3) is 17.2. The van der Waals surface area contributed by atoms with Crippen LogP contribution in [0.4, 0.5) is 14.5 Å². The molecule has 1 unspecified atom stereocenters. The van der Waals surface area contributed by atoms with Gasteiger partial charge in [0.2, 0.25) is 49.0 Å². The van der Waals surface area contributed by atoms with Gasteiger partial charge in [0.1, 0.15) is 18.1 Å². The highest BCUT2D eigenvalue weighted by atomic mass is 31.2. The first-order chi connectivity index (χ1) is 44.4. The molecule has 0 bridgehead atoms. The number of anilines is 1. The Kier molecular flexibility index (Phi) is 23.2. The van der Waals surface area contributed by atoms with Crippen molar-refractivity contribution >= 4 is 77.3 Å². The third-order valence-electron chi connectivity index (χ3n) is 16.8. The molecule has 94 heavy (non-hydrogen) atoms. The molecular formula is C68H84F2N7O16P. The maximum Gasteiger partial charge on any atom is 0.410 e. The number of carbonyl (C=O) groups is 8. The van der Waals surface area contributed by atoms with Gasteiger partial charge in [0, 0.05) is 51.2 Å². The van der Waals surface area contributed by atoms with Gasteiger partial charge in [-0.25, -0.2) is 4.79 Å². The zero-order valence-corrected chi connectivity index (χ0v) is 55.4. The van der Waals surface area contributed by atoms with Crippen LogP contribution >= 0.6 is 7.60 Å². The minimum Gasteiger partial charge on any atom is -0.438 e. The summed E-state index contributed by atoms with van der Waals surface area (Å²) in [5, 5.41) is 8.19. The molecule has 0 saturated carbocycles. The number of para-hydroxylation sites is 2. The fourth-order valence-corrected chi connectivity index (χ4v) is 12.7. The Morgan fingerprint density at radius 1 is 0.798 bits per heavy atom. The van der Waals surface area contributed by atoms with Gasteiger partial charge >= 0.3 is 30.9 Å². The summed E-state index contributed by atoms with van der Waals surface area (Å²) in [4.78, 5) is 119.